The van der Waals surface area contributed by atoms with Crippen LogP contribution in [0.3, 0.4) is 0 Å². The average molecular weight is 363 g/mol. The molecule has 1 amide bonds. The van der Waals surface area contributed by atoms with E-state index in [1.54, 1.807) is 0 Å². The van der Waals surface area contributed by atoms with Crippen LogP contribution >= 0.6 is 0 Å². The Bertz CT molecular complexity index is 792. The lowest BCUT2D eigenvalue weighted by Gasteiger charge is -2.27. The lowest BCUT2D eigenvalue weighted by molar-refractivity contribution is 0.0679. The number of amides is 1. The maximum atomic E-state index is 12.8. The molecular formula is C23H25NO3. The second-order valence-electron chi connectivity index (χ2n) is 7.07. The molecule has 2 aromatic rings. The molecule has 1 atom stereocenters. The van der Waals surface area contributed by atoms with Gasteiger partial charge in [0.15, 0.2) is 0 Å². The van der Waals surface area contributed by atoms with Crippen LogP contribution in [0.2, 0.25) is 0 Å². The minimum Gasteiger partial charge on any atom is -0.491 e. The molecule has 4 rings (SSSR count). The standard InChI is InChI=1S/C23H25NO3/c25-23(24-14-12-19(13-15-24)18-5-2-1-3-6-18)20-8-10-21(11-9-20)27-17-22-7-4-16-26-22/h1-3,5-6,8-12,22H,4,7,13-17H2/t22-/m0/s1. The van der Waals surface area contributed by atoms with Crippen molar-refractivity contribution in [1.29, 1.82) is 0 Å². The van der Waals surface area contributed by atoms with Gasteiger partial charge in [-0.2, -0.15) is 0 Å². The van der Waals surface area contributed by atoms with E-state index in [1.807, 2.05) is 35.2 Å². The third kappa shape index (κ3) is 4.40. The van der Waals surface area contributed by atoms with Crippen molar-refractivity contribution >= 4 is 11.5 Å². The van der Waals surface area contributed by atoms with Crippen LogP contribution in [0.4, 0.5) is 0 Å². The van der Waals surface area contributed by atoms with Crippen molar-refractivity contribution in [2.75, 3.05) is 26.3 Å². The van der Waals surface area contributed by atoms with E-state index in [2.05, 4.69) is 30.3 Å². The summed E-state index contributed by atoms with van der Waals surface area (Å²) in [5.41, 5.74) is 3.27. The first-order valence-electron chi connectivity index (χ1n) is 9.68. The fraction of sp³-hybridized carbons (Fsp3) is 0.348. The fourth-order valence-electron chi connectivity index (χ4n) is 3.61. The maximum absolute atomic E-state index is 12.8. The number of hydrogen-bond acceptors (Lipinski definition) is 3. The Labute approximate surface area is 160 Å². The van der Waals surface area contributed by atoms with Gasteiger partial charge in [0.05, 0.1) is 6.10 Å². The van der Waals surface area contributed by atoms with Crippen LogP contribution in [0, 0.1) is 0 Å². The zero-order valence-corrected chi connectivity index (χ0v) is 15.5. The zero-order valence-electron chi connectivity index (χ0n) is 15.5. The SMILES string of the molecule is O=C(c1ccc(OC[C@@H]2CCCO2)cc1)N1CC=C(c2ccccc2)CC1. The van der Waals surface area contributed by atoms with Crippen molar-refractivity contribution < 1.29 is 14.3 Å². The van der Waals surface area contributed by atoms with Crippen LogP contribution in [0.25, 0.3) is 5.57 Å². The van der Waals surface area contributed by atoms with E-state index in [0.29, 0.717) is 18.7 Å². The molecule has 27 heavy (non-hydrogen) atoms. The number of nitrogens with zero attached hydrogens (tertiary/aromatic N) is 1. The molecule has 0 saturated carbocycles. The lowest BCUT2D eigenvalue weighted by Crippen LogP contribution is -2.34. The summed E-state index contributed by atoms with van der Waals surface area (Å²) in [5, 5.41) is 0. The monoisotopic (exact) mass is 363 g/mol. The Kier molecular flexibility index (Phi) is 5.54. The van der Waals surface area contributed by atoms with E-state index in [1.165, 1.54) is 11.1 Å². The first-order valence-corrected chi connectivity index (χ1v) is 9.68. The van der Waals surface area contributed by atoms with Gasteiger partial charge in [0.25, 0.3) is 5.91 Å². The summed E-state index contributed by atoms with van der Waals surface area (Å²) in [4.78, 5) is 14.7. The third-order valence-electron chi connectivity index (χ3n) is 5.20. The van der Waals surface area contributed by atoms with E-state index in [0.717, 1.165) is 38.2 Å². The van der Waals surface area contributed by atoms with Crippen molar-refractivity contribution in [3.8, 4) is 5.75 Å². The fourth-order valence-corrected chi connectivity index (χ4v) is 3.61. The molecule has 2 aromatic carbocycles. The molecule has 0 aromatic heterocycles. The highest BCUT2D eigenvalue weighted by atomic mass is 16.5. The molecule has 0 bridgehead atoms. The third-order valence-corrected chi connectivity index (χ3v) is 5.20. The molecule has 0 unspecified atom stereocenters. The van der Waals surface area contributed by atoms with Gasteiger partial charge in [-0.25, -0.2) is 0 Å². The van der Waals surface area contributed by atoms with Crippen LogP contribution in [0.1, 0.15) is 35.2 Å². The maximum Gasteiger partial charge on any atom is 0.254 e. The molecule has 140 valence electrons. The first-order chi connectivity index (χ1) is 13.3. The Hall–Kier alpha value is -2.59. The van der Waals surface area contributed by atoms with E-state index in [-0.39, 0.29) is 12.0 Å². The van der Waals surface area contributed by atoms with Gasteiger partial charge < -0.3 is 14.4 Å². The van der Waals surface area contributed by atoms with E-state index in [9.17, 15) is 4.79 Å². The van der Waals surface area contributed by atoms with E-state index >= 15 is 0 Å². The molecule has 2 aliphatic rings. The van der Waals surface area contributed by atoms with Gasteiger partial charge in [-0.15, -0.1) is 0 Å². The van der Waals surface area contributed by atoms with Gasteiger partial charge in [0, 0.05) is 25.3 Å². The van der Waals surface area contributed by atoms with Crippen LogP contribution in [-0.4, -0.2) is 43.2 Å². The number of rotatable bonds is 5. The molecule has 2 aliphatic heterocycles. The molecule has 0 spiro atoms. The van der Waals surface area contributed by atoms with Crippen LogP contribution in [0.15, 0.2) is 60.7 Å². The van der Waals surface area contributed by atoms with Gasteiger partial charge in [-0.1, -0.05) is 36.4 Å². The van der Waals surface area contributed by atoms with Crippen molar-refractivity contribution in [2.45, 2.75) is 25.4 Å². The van der Waals surface area contributed by atoms with E-state index < -0.39 is 0 Å². The summed E-state index contributed by atoms with van der Waals surface area (Å²) >= 11 is 0. The minimum atomic E-state index is 0.0732. The number of carbonyl (C=O) groups is 1. The smallest absolute Gasteiger partial charge is 0.254 e. The summed E-state index contributed by atoms with van der Waals surface area (Å²) in [5.74, 6) is 0.857. The lowest BCUT2D eigenvalue weighted by atomic mass is 9.99. The Morgan fingerprint density at radius 2 is 1.93 bits per heavy atom. The molecule has 2 heterocycles. The minimum absolute atomic E-state index is 0.0732. The topological polar surface area (TPSA) is 38.8 Å². The quantitative estimate of drug-likeness (QED) is 0.800. The summed E-state index contributed by atoms with van der Waals surface area (Å²) < 4.78 is 11.3. The predicted molar refractivity (Wildman–Crippen MR) is 106 cm³/mol. The number of benzene rings is 2. The summed E-state index contributed by atoms with van der Waals surface area (Å²) in [6.45, 7) is 2.81. The van der Waals surface area contributed by atoms with Gasteiger partial charge in [-0.05, 0) is 54.7 Å². The zero-order chi connectivity index (χ0) is 18.5. The van der Waals surface area contributed by atoms with Crippen molar-refractivity contribution in [2.24, 2.45) is 0 Å². The van der Waals surface area contributed by atoms with Gasteiger partial charge in [0.1, 0.15) is 12.4 Å². The van der Waals surface area contributed by atoms with Crippen LogP contribution in [0.5, 0.6) is 5.75 Å². The van der Waals surface area contributed by atoms with Gasteiger partial charge >= 0.3 is 0 Å². The normalized spacial score (nSPS) is 19.6. The molecule has 4 heteroatoms. The van der Waals surface area contributed by atoms with Crippen LogP contribution < -0.4 is 4.74 Å². The molecular weight excluding hydrogens is 338 g/mol. The van der Waals surface area contributed by atoms with Crippen molar-refractivity contribution in [3.05, 3.63) is 71.8 Å². The first kappa shape index (κ1) is 17.8. The van der Waals surface area contributed by atoms with Crippen molar-refractivity contribution in [3.63, 3.8) is 0 Å². The van der Waals surface area contributed by atoms with Gasteiger partial charge in [-0.3, -0.25) is 4.79 Å². The highest BCUT2D eigenvalue weighted by Gasteiger charge is 2.20. The second-order valence-corrected chi connectivity index (χ2v) is 7.07. The Morgan fingerprint density at radius 3 is 2.59 bits per heavy atom. The van der Waals surface area contributed by atoms with Gasteiger partial charge in [0.2, 0.25) is 0 Å². The largest absolute Gasteiger partial charge is 0.491 e. The van der Waals surface area contributed by atoms with Crippen LogP contribution in [-0.2, 0) is 4.74 Å². The molecule has 0 aliphatic carbocycles. The summed E-state index contributed by atoms with van der Waals surface area (Å²) in [6.07, 6.45) is 5.42. The highest BCUT2D eigenvalue weighted by molar-refractivity contribution is 5.95. The Balaban J connectivity index is 1.33. The molecule has 1 saturated heterocycles. The predicted octanol–water partition coefficient (Wildman–Crippen LogP) is 4.17. The highest BCUT2D eigenvalue weighted by Crippen LogP contribution is 2.23. The molecule has 4 nitrogen and oxygen atoms in total. The summed E-state index contributed by atoms with van der Waals surface area (Å²) in [6, 6.07) is 17.8. The Morgan fingerprint density at radius 1 is 1.11 bits per heavy atom. The average Bonchev–Trinajstić information content (AvgIpc) is 3.27. The number of ether oxygens (including phenoxy) is 2. The number of hydrogen-bond donors (Lipinski definition) is 0. The summed E-state index contributed by atoms with van der Waals surface area (Å²) in [7, 11) is 0. The molecule has 1 fully saturated rings. The molecule has 0 radical (unpaired) electrons. The second kappa shape index (κ2) is 8.40. The van der Waals surface area contributed by atoms with E-state index in [4.69, 9.17) is 9.47 Å². The van der Waals surface area contributed by atoms with Crippen molar-refractivity contribution in [1.82, 2.24) is 4.90 Å². The number of carbonyl (C=O) groups excluding carboxylic acids is 1. The molecule has 0 N–H and O–H groups in total.